The van der Waals surface area contributed by atoms with Gasteiger partial charge in [0.1, 0.15) is 5.75 Å². The quantitative estimate of drug-likeness (QED) is 0.842. The molecule has 1 saturated heterocycles. The summed E-state index contributed by atoms with van der Waals surface area (Å²) in [7, 11) is 0. The van der Waals surface area contributed by atoms with E-state index >= 15 is 0 Å². The summed E-state index contributed by atoms with van der Waals surface area (Å²) in [5.74, 6) is 2.08. The van der Waals surface area contributed by atoms with Crippen LogP contribution in [0.2, 0.25) is 0 Å². The minimum absolute atomic E-state index is 0.107. The number of hydrogen-bond acceptors (Lipinski definition) is 2. The maximum absolute atomic E-state index is 12.2. The van der Waals surface area contributed by atoms with Gasteiger partial charge in [0, 0.05) is 13.1 Å². The molecular formula is C17H25NO2. The molecule has 0 N–H and O–H groups in total. The average Bonchev–Trinajstić information content (AvgIpc) is 2.45. The molecule has 110 valence electrons. The molecule has 1 aliphatic heterocycles. The Labute approximate surface area is 121 Å². The first kappa shape index (κ1) is 14.9. The van der Waals surface area contributed by atoms with Gasteiger partial charge >= 0.3 is 0 Å². The van der Waals surface area contributed by atoms with Gasteiger partial charge in [0.05, 0.1) is 0 Å². The van der Waals surface area contributed by atoms with E-state index in [4.69, 9.17) is 4.74 Å². The van der Waals surface area contributed by atoms with Crippen molar-refractivity contribution in [2.24, 2.45) is 5.92 Å². The van der Waals surface area contributed by atoms with E-state index in [9.17, 15) is 4.79 Å². The smallest absolute Gasteiger partial charge is 0.260 e. The second-order valence-corrected chi connectivity index (χ2v) is 6.04. The van der Waals surface area contributed by atoms with Crippen molar-refractivity contribution in [1.29, 1.82) is 0 Å². The number of carbonyl (C=O) groups excluding carboxylic acids is 1. The van der Waals surface area contributed by atoms with Crippen molar-refractivity contribution < 1.29 is 9.53 Å². The molecule has 1 aromatic rings. The number of hydrogen-bond donors (Lipinski definition) is 0. The van der Waals surface area contributed by atoms with Crippen LogP contribution in [0.5, 0.6) is 5.75 Å². The van der Waals surface area contributed by atoms with E-state index in [0.29, 0.717) is 5.92 Å². The first-order valence-electron chi connectivity index (χ1n) is 7.57. The van der Waals surface area contributed by atoms with Crippen LogP contribution >= 0.6 is 0 Å². The van der Waals surface area contributed by atoms with Crippen molar-refractivity contribution in [3.05, 3.63) is 29.8 Å². The van der Waals surface area contributed by atoms with E-state index in [-0.39, 0.29) is 12.5 Å². The van der Waals surface area contributed by atoms with Crippen molar-refractivity contribution in [3.8, 4) is 5.75 Å². The number of carbonyl (C=O) groups is 1. The number of para-hydroxylation sites is 1. The van der Waals surface area contributed by atoms with Crippen LogP contribution in [0.4, 0.5) is 0 Å². The Morgan fingerprint density at radius 3 is 2.60 bits per heavy atom. The molecule has 0 spiro atoms. The number of nitrogens with zero attached hydrogens (tertiary/aromatic N) is 1. The summed E-state index contributed by atoms with van der Waals surface area (Å²) in [4.78, 5) is 14.1. The number of benzene rings is 1. The molecule has 0 radical (unpaired) electrons. The highest BCUT2D eigenvalue weighted by Gasteiger charge is 2.20. The van der Waals surface area contributed by atoms with Crippen molar-refractivity contribution in [2.75, 3.05) is 19.7 Å². The van der Waals surface area contributed by atoms with E-state index in [1.165, 1.54) is 0 Å². The lowest BCUT2D eigenvalue weighted by molar-refractivity contribution is -0.134. The van der Waals surface area contributed by atoms with Crippen LogP contribution in [0.1, 0.15) is 45.1 Å². The highest BCUT2D eigenvalue weighted by atomic mass is 16.5. The first-order chi connectivity index (χ1) is 9.58. The molecule has 0 atom stereocenters. The Balaban J connectivity index is 1.90. The van der Waals surface area contributed by atoms with Gasteiger partial charge in [-0.1, -0.05) is 39.0 Å². The van der Waals surface area contributed by atoms with Gasteiger partial charge in [0.25, 0.3) is 5.91 Å². The number of piperidine rings is 1. The molecule has 0 unspecified atom stereocenters. The van der Waals surface area contributed by atoms with Crippen LogP contribution in [0.3, 0.4) is 0 Å². The van der Waals surface area contributed by atoms with Gasteiger partial charge in [0.15, 0.2) is 6.61 Å². The van der Waals surface area contributed by atoms with Gasteiger partial charge in [0.2, 0.25) is 0 Å². The zero-order valence-corrected chi connectivity index (χ0v) is 12.8. The predicted molar refractivity (Wildman–Crippen MR) is 81.0 cm³/mol. The second-order valence-electron chi connectivity index (χ2n) is 6.04. The summed E-state index contributed by atoms with van der Waals surface area (Å²) in [6.07, 6.45) is 2.21. The van der Waals surface area contributed by atoms with Crippen molar-refractivity contribution in [3.63, 3.8) is 0 Å². The SMILES string of the molecule is CC1CCN(C(=O)COc2ccccc2C(C)C)CC1. The van der Waals surface area contributed by atoms with Gasteiger partial charge in [-0.05, 0) is 36.3 Å². The van der Waals surface area contributed by atoms with E-state index in [1.807, 2.05) is 23.1 Å². The van der Waals surface area contributed by atoms with Crippen molar-refractivity contribution >= 4 is 5.91 Å². The van der Waals surface area contributed by atoms with E-state index in [2.05, 4.69) is 26.8 Å². The second kappa shape index (κ2) is 6.78. The predicted octanol–water partition coefficient (Wildman–Crippen LogP) is 3.45. The topological polar surface area (TPSA) is 29.5 Å². The van der Waals surface area contributed by atoms with Crippen LogP contribution in [-0.4, -0.2) is 30.5 Å². The number of amides is 1. The van der Waals surface area contributed by atoms with Gasteiger partial charge < -0.3 is 9.64 Å². The van der Waals surface area contributed by atoms with E-state index < -0.39 is 0 Å². The minimum atomic E-state index is 0.107. The molecule has 1 aliphatic rings. The lowest BCUT2D eigenvalue weighted by atomic mass is 9.99. The molecule has 0 aliphatic carbocycles. The van der Waals surface area contributed by atoms with Crippen LogP contribution in [0.25, 0.3) is 0 Å². The van der Waals surface area contributed by atoms with Crippen molar-refractivity contribution in [1.82, 2.24) is 4.90 Å². The molecule has 1 heterocycles. The fourth-order valence-electron chi connectivity index (χ4n) is 2.58. The zero-order valence-electron chi connectivity index (χ0n) is 12.8. The fourth-order valence-corrected chi connectivity index (χ4v) is 2.58. The molecule has 1 amide bonds. The Morgan fingerprint density at radius 2 is 1.95 bits per heavy atom. The summed E-state index contributed by atoms with van der Waals surface area (Å²) in [6, 6.07) is 7.97. The Kier molecular flexibility index (Phi) is 5.05. The molecule has 20 heavy (non-hydrogen) atoms. The Bertz CT molecular complexity index is 448. The zero-order chi connectivity index (χ0) is 14.5. The molecule has 0 aromatic heterocycles. The summed E-state index contributed by atoms with van der Waals surface area (Å²) in [5, 5.41) is 0. The largest absolute Gasteiger partial charge is 0.483 e. The molecule has 1 aromatic carbocycles. The van der Waals surface area contributed by atoms with Gasteiger partial charge in [-0.2, -0.15) is 0 Å². The van der Waals surface area contributed by atoms with Gasteiger partial charge in [-0.3, -0.25) is 4.79 Å². The molecule has 2 rings (SSSR count). The maximum atomic E-state index is 12.2. The molecule has 1 fully saturated rings. The molecule has 3 nitrogen and oxygen atoms in total. The van der Waals surface area contributed by atoms with Crippen molar-refractivity contribution in [2.45, 2.75) is 39.5 Å². The third-order valence-electron chi connectivity index (χ3n) is 4.03. The lowest BCUT2D eigenvalue weighted by Crippen LogP contribution is -2.40. The summed E-state index contributed by atoms with van der Waals surface area (Å²) in [5.41, 5.74) is 1.16. The number of rotatable bonds is 4. The van der Waals surface area contributed by atoms with E-state index in [1.54, 1.807) is 0 Å². The van der Waals surface area contributed by atoms with Crippen LogP contribution in [0, 0.1) is 5.92 Å². The fraction of sp³-hybridized carbons (Fsp3) is 0.588. The molecule has 3 heteroatoms. The first-order valence-corrected chi connectivity index (χ1v) is 7.57. The molecular weight excluding hydrogens is 250 g/mol. The van der Waals surface area contributed by atoms with Crippen LogP contribution in [0.15, 0.2) is 24.3 Å². The Hall–Kier alpha value is -1.51. The lowest BCUT2D eigenvalue weighted by Gasteiger charge is -2.30. The third kappa shape index (κ3) is 3.75. The number of likely N-dealkylation sites (tertiary alicyclic amines) is 1. The molecule has 0 bridgehead atoms. The highest BCUT2D eigenvalue weighted by Crippen LogP contribution is 2.26. The minimum Gasteiger partial charge on any atom is -0.483 e. The van der Waals surface area contributed by atoms with Gasteiger partial charge in [-0.25, -0.2) is 0 Å². The summed E-state index contributed by atoms with van der Waals surface area (Å²) < 4.78 is 5.75. The van der Waals surface area contributed by atoms with E-state index in [0.717, 1.165) is 43.2 Å². The summed E-state index contributed by atoms with van der Waals surface area (Å²) in [6.45, 7) is 8.41. The summed E-state index contributed by atoms with van der Waals surface area (Å²) >= 11 is 0. The Morgan fingerprint density at radius 1 is 1.30 bits per heavy atom. The number of ether oxygens (including phenoxy) is 1. The average molecular weight is 275 g/mol. The standard InChI is InChI=1S/C17H25NO2/c1-13(2)15-6-4-5-7-16(15)20-12-17(19)18-10-8-14(3)9-11-18/h4-7,13-14H,8-12H2,1-3H3. The van der Waals surface area contributed by atoms with Crippen LogP contribution in [-0.2, 0) is 4.79 Å². The van der Waals surface area contributed by atoms with Gasteiger partial charge in [-0.15, -0.1) is 0 Å². The highest BCUT2D eigenvalue weighted by molar-refractivity contribution is 5.77. The van der Waals surface area contributed by atoms with Crippen LogP contribution < -0.4 is 4.74 Å². The molecule has 0 saturated carbocycles. The maximum Gasteiger partial charge on any atom is 0.260 e. The third-order valence-corrected chi connectivity index (χ3v) is 4.03. The monoisotopic (exact) mass is 275 g/mol. The normalized spacial score (nSPS) is 16.5.